The Morgan fingerprint density at radius 1 is 1.02 bits per heavy atom. The zero-order valence-corrected chi connectivity index (χ0v) is 22.5. The van der Waals surface area contributed by atoms with Crippen molar-refractivity contribution >= 4 is 29.2 Å². The van der Waals surface area contributed by atoms with E-state index in [-0.39, 0.29) is 56.2 Å². The van der Waals surface area contributed by atoms with Crippen molar-refractivity contribution in [2.45, 2.75) is 32.0 Å². The molecule has 0 aromatic heterocycles. The highest BCUT2D eigenvalue weighted by atomic mass is 19.4. The summed E-state index contributed by atoms with van der Waals surface area (Å²) in [5, 5.41) is 2.64. The van der Waals surface area contributed by atoms with Crippen molar-refractivity contribution in [2.75, 3.05) is 38.1 Å². The first kappa shape index (κ1) is 32.4. The molecule has 0 heterocycles. The fourth-order valence-electron chi connectivity index (χ4n) is 3.98. The molecule has 0 spiro atoms. The van der Waals surface area contributed by atoms with E-state index in [0.29, 0.717) is 5.56 Å². The van der Waals surface area contributed by atoms with Crippen LogP contribution in [0.1, 0.15) is 30.0 Å². The first-order valence-corrected chi connectivity index (χ1v) is 12.6. The Kier molecular flexibility index (Phi) is 11.8. The number of rotatable bonds is 13. The molecule has 0 radical (unpaired) electrons. The van der Waals surface area contributed by atoms with E-state index in [0.717, 1.165) is 17.0 Å². The summed E-state index contributed by atoms with van der Waals surface area (Å²) in [6, 6.07) is 9.08. The van der Waals surface area contributed by atoms with Crippen LogP contribution in [0.15, 0.2) is 55.1 Å². The largest absolute Gasteiger partial charge is 0.416 e. The number of hydrogen-bond donors (Lipinski definition) is 3. The SMILES string of the molecule is C=C(F)c1ccc(CC(NC(=O)C(C)CC(=O)N(CCN)CCN)C(=O)N(C)c2cccc(C(F)(F)F)c2)cc1. The smallest absolute Gasteiger partial charge is 0.344 e. The number of halogens is 4. The molecule has 0 saturated heterocycles. The van der Waals surface area contributed by atoms with Crippen molar-refractivity contribution in [3.63, 3.8) is 0 Å². The van der Waals surface area contributed by atoms with Gasteiger partial charge in [-0.05, 0) is 23.8 Å². The van der Waals surface area contributed by atoms with Crippen LogP contribution < -0.4 is 21.7 Å². The van der Waals surface area contributed by atoms with Gasteiger partial charge in [0.15, 0.2) is 0 Å². The zero-order chi connectivity index (χ0) is 30.0. The molecule has 2 aromatic rings. The summed E-state index contributed by atoms with van der Waals surface area (Å²) in [5.41, 5.74) is 10.9. The van der Waals surface area contributed by atoms with Crippen molar-refractivity contribution < 1.29 is 31.9 Å². The summed E-state index contributed by atoms with van der Waals surface area (Å²) >= 11 is 0. The molecule has 8 nitrogen and oxygen atoms in total. The zero-order valence-electron chi connectivity index (χ0n) is 22.5. The molecule has 2 unspecified atom stereocenters. The number of carbonyl (C=O) groups is 3. The molecule has 0 bridgehead atoms. The van der Waals surface area contributed by atoms with Gasteiger partial charge in [0.25, 0.3) is 0 Å². The van der Waals surface area contributed by atoms with E-state index in [1.54, 1.807) is 12.1 Å². The lowest BCUT2D eigenvalue weighted by Crippen LogP contribution is -2.50. The van der Waals surface area contributed by atoms with Crippen LogP contribution in [0.3, 0.4) is 0 Å². The maximum Gasteiger partial charge on any atom is 0.416 e. The van der Waals surface area contributed by atoms with E-state index in [1.807, 2.05) is 0 Å². The Labute approximate surface area is 231 Å². The Bertz CT molecular complexity index is 1180. The third kappa shape index (κ3) is 9.16. The van der Waals surface area contributed by atoms with Gasteiger partial charge in [0.2, 0.25) is 17.7 Å². The molecule has 2 atom stereocenters. The lowest BCUT2D eigenvalue weighted by molar-refractivity contribution is -0.137. The highest BCUT2D eigenvalue weighted by Crippen LogP contribution is 2.31. The van der Waals surface area contributed by atoms with Gasteiger partial charge in [0.1, 0.15) is 11.9 Å². The lowest BCUT2D eigenvalue weighted by Gasteiger charge is -2.27. The van der Waals surface area contributed by atoms with Crippen LogP contribution in [0.5, 0.6) is 0 Å². The van der Waals surface area contributed by atoms with Crippen LogP contribution in [0.2, 0.25) is 0 Å². The Hall–Kier alpha value is -3.77. The van der Waals surface area contributed by atoms with Crippen molar-refractivity contribution in [3.8, 4) is 0 Å². The molecule has 0 aliphatic carbocycles. The third-order valence-electron chi connectivity index (χ3n) is 6.29. The van der Waals surface area contributed by atoms with Crippen LogP contribution >= 0.6 is 0 Å². The molecule has 2 aromatic carbocycles. The van der Waals surface area contributed by atoms with Gasteiger partial charge in [-0.2, -0.15) is 13.2 Å². The number of hydrogen-bond acceptors (Lipinski definition) is 5. The first-order chi connectivity index (χ1) is 18.8. The number of carbonyl (C=O) groups excluding carboxylic acids is 3. The second kappa shape index (κ2) is 14.6. The normalized spacial score (nSPS) is 12.8. The number of nitrogens with two attached hydrogens (primary N) is 2. The van der Waals surface area contributed by atoms with Crippen LogP contribution in [0.25, 0.3) is 5.83 Å². The molecule has 2 rings (SSSR count). The van der Waals surface area contributed by atoms with E-state index in [9.17, 15) is 31.9 Å². The minimum atomic E-state index is -4.61. The van der Waals surface area contributed by atoms with E-state index in [2.05, 4.69) is 11.9 Å². The quantitative estimate of drug-likeness (QED) is 0.322. The number of nitrogens with one attached hydrogen (secondary N) is 1. The van der Waals surface area contributed by atoms with Gasteiger partial charge in [0, 0.05) is 63.2 Å². The number of amides is 3. The minimum Gasteiger partial charge on any atom is -0.344 e. The van der Waals surface area contributed by atoms with Crippen LogP contribution in [0, 0.1) is 5.92 Å². The summed E-state index contributed by atoms with van der Waals surface area (Å²) in [7, 11) is 1.30. The average Bonchev–Trinajstić information content (AvgIpc) is 2.91. The molecular weight excluding hydrogens is 530 g/mol. The fraction of sp³-hybridized carbons (Fsp3) is 0.393. The maximum absolute atomic E-state index is 13.5. The van der Waals surface area contributed by atoms with Gasteiger partial charge in [-0.1, -0.05) is 43.8 Å². The summed E-state index contributed by atoms with van der Waals surface area (Å²) < 4.78 is 53.2. The van der Waals surface area contributed by atoms with Gasteiger partial charge in [0.05, 0.1) is 5.56 Å². The molecule has 0 fully saturated rings. The number of benzene rings is 2. The highest BCUT2D eigenvalue weighted by Gasteiger charge is 2.32. The molecule has 3 amide bonds. The molecule has 0 aliphatic rings. The third-order valence-corrected chi connectivity index (χ3v) is 6.29. The van der Waals surface area contributed by atoms with Crippen molar-refractivity contribution in [1.29, 1.82) is 0 Å². The second-order valence-corrected chi connectivity index (χ2v) is 9.38. The second-order valence-electron chi connectivity index (χ2n) is 9.38. The van der Waals surface area contributed by atoms with Crippen LogP contribution in [-0.4, -0.2) is 61.9 Å². The molecule has 218 valence electrons. The first-order valence-electron chi connectivity index (χ1n) is 12.6. The molecular formula is C28H35F4N5O3. The Morgan fingerprint density at radius 2 is 1.62 bits per heavy atom. The van der Waals surface area contributed by atoms with Crippen LogP contribution in [-0.2, 0) is 27.0 Å². The fourth-order valence-corrected chi connectivity index (χ4v) is 3.98. The highest BCUT2D eigenvalue weighted by molar-refractivity contribution is 5.99. The lowest BCUT2D eigenvalue weighted by atomic mass is 10.0. The maximum atomic E-state index is 13.5. The monoisotopic (exact) mass is 565 g/mol. The summed E-state index contributed by atoms with van der Waals surface area (Å²) in [4.78, 5) is 41.7. The summed E-state index contributed by atoms with van der Waals surface area (Å²) in [5.74, 6) is -3.09. The average molecular weight is 566 g/mol. The molecule has 40 heavy (non-hydrogen) atoms. The number of anilines is 1. The Balaban J connectivity index is 2.29. The molecule has 0 aliphatic heterocycles. The van der Waals surface area contributed by atoms with E-state index in [1.165, 1.54) is 43.1 Å². The Morgan fingerprint density at radius 3 is 2.15 bits per heavy atom. The van der Waals surface area contributed by atoms with Crippen molar-refractivity contribution in [2.24, 2.45) is 17.4 Å². The summed E-state index contributed by atoms with van der Waals surface area (Å²) in [6.07, 6.45) is -4.82. The van der Waals surface area contributed by atoms with E-state index < -0.39 is 41.3 Å². The van der Waals surface area contributed by atoms with Gasteiger partial charge in [-0.25, -0.2) is 4.39 Å². The van der Waals surface area contributed by atoms with Gasteiger partial charge >= 0.3 is 6.18 Å². The topological polar surface area (TPSA) is 122 Å². The van der Waals surface area contributed by atoms with Crippen molar-refractivity contribution in [3.05, 3.63) is 71.8 Å². The van der Waals surface area contributed by atoms with Gasteiger partial charge in [-0.15, -0.1) is 0 Å². The minimum absolute atomic E-state index is 0.0226. The number of likely N-dealkylation sites (N-methyl/N-ethyl adjacent to an activating group) is 1. The molecule has 12 heteroatoms. The van der Waals surface area contributed by atoms with Gasteiger partial charge in [-0.3, -0.25) is 14.4 Å². The van der Waals surface area contributed by atoms with Crippen molar-refractivity contribution in [1.82, 2.24) is 10.2 Å². The predicted molar refractivity (Wildman–Crippen MR) is 146 cm³/mol. The standard InChI is InChI=1S/C28H35F4N5O3/c1-18(15-25(38)37(13-11-33)14-12-34)26(39)35-24(16-20-7-9-21(10-8-20)19(2)29)27(40)36(3)23-6-4-5-22(17-23)28(30,31)32/h4-10,17-18,24H,2,11-16,33-34H2,1,3H3,(H,35,39). The molecule has 5 N–H and O–H groups in total. The van der Waals surface area contributed by atoms with Crippen LogP contribution in [0.4, 0.5) is 23.2 Å². The van der Waals surface area contributed by atoms with E-state index in [4.69, 9.17) is 11.5 Å². The number of nitrogens with zero attached hydrogens (tertiary/aromatic N) is 2. The summed E-state index contributed by atoms with van der Waals surface area (Å²) in [6.45, 7) is 5.75. The van der Waals surface area contributed by atoms with Gasteiger partial charge < -0.3 is 26.6 Å². The predicted octanol–water partition coefficient (Wildman–Crippen LogP) is 3.11. The molecule has 0 saturated carbocycles. The van der Waals surface area contributed by atoms with E-state index >= 15 is 0 Å². The number of alkyl halides is 3.